The molecule has 1 amide bonds. The summed E-state index contributed by atoms with van der Waals surface area (Å²) in [6.45, 7) is 2.71. The van der Waals surface area contributed by atoms with Gasteiger partial charge in [-0.1, -0.05) is 6.07 Å². The van der Waals surface area contributed by atoms with Gasteiger partial charge in [0.15, 0.2) is 5.13 Å². The molecule has 0 unspecified atom stereocenters. The van der Waals surface area contributed by atoms with E-state index in [4.69, 9.17) is 9.47 Å². The van der Waals surface area contributed by atoms with Crippen LogP contribution in [0.25, 0.3) is 0 Å². The third kappa shape index (κ3) is 4.04. The van der Waals surface area contributed by atoms with Crippen LogP contribution in [0.5, 0.6) is 11.5 Å². The summed E-state index contributed by atoms with van der Waals surface area (Å²) in [5.74, 6) is 0.799. The molecule has 0 atom stereocenters. The molecule has 3 rings (SSSR count). The van der Waals surface area contributed by atoms with Gasteiger partial charge in [-0.3, -0.25) is 4.79 Å². The van der Waals surface area contributed by atoms with Gasteiger partial charge in [-0.15, -0.1) is 11.3 Å². The summed E-state index contributed by atoms with van der Waals surface area (Å²) in [7, 11) is 3.08. The number of nitrogens with zero attached hydrogens (tertiary/aromatic N) is 2. The van der Waals surface area contributed by atoms with E-state index in [9.17, 15) is 4.79 Å². The van der Waals surface area contributed by atoms with Gasteiger partial charge in [0.1, 0.15) is 17.1 Å². The quantitative estimate of drug-likeness (QED) is 0.821. The number of anilines is 1. The maximum atomic E-state index is 12.5. The minimum absolute atomic E-state index is 0.204. The average molecular weight is 361 g/mol. The Morgan fingerprint density at radius 2 is 1.92 bits per heavy atom. The second-order valence-electron chi connectivity index (χ2n) is 5.86. The Labute approximate surface area is 151 Å². The fraction of sp³-hybridized carbons (Fsp3) is 0.444. The van der Waals surface area contributed by atoms with Crippen LogP contribution in [0.4, 0.5) is 5.13 Å². The third-order valence-electron chi connectivity index (χ3n) is 4.24. The lowest BCUT2D eigenvalue weighted by Crippen LogP contribution is -2.26. The van der Waals surface area contributed by atoms with Crippen molar-refractivity contribution in [2.75, 3.05) is 38.8 Å². The first-order chi connectivity index (χ1) is 12.2. The molecule has 1 aromatic heterocycles. The van der Waals surface area contributed by atoms with Crippen molar-refractivity contribution in [1.29, 1.82) is 0 Å². The zero-order valence-corrected chi connectivity index (χ0v) is 15.4. The summed E-state index contributed by atoms with van der Waals surface area (Å²) in [6, 6.07) is 5.30. The van der Waals surface area contributed by atoms with Gasteiger partial charge >= 0.3 is 0 Å². The lowest BCUT2D eigenvalue weighted by Gasteiger charge is -2.13. The first-order valence-electron chi connectivity index (χ1n) is 8.41. The van der Waals surface area contributed by atoms with Gasteiger partial charge < -0.3 is 19.7 Å². The molecule has 1 aliphatic heterocycles. The van der Waals surface area contributed by atoms with Crippen LogP contribution in [0.2, 0.25) is 0 Å². The molecule has 1 fully saturated rings. The Balaban J connectivity index is 1.58. The highest BCUT2D eigenvalue weighted by molar-refractivity contribution is 7.13. The van der Waals surface area contributed by atoms with Crippen LogP contribution in [0.3, 0.4) is 0 Å². The Kier molecular flexibility index (Phi) is 5.75. The number of nitrogens with one attached hydrogen (secondary N) is 1. The van der Waals surface area contributed by atoms with E-state index in [2.05, 4.69) is 20.6 Å². The second kappa shape index (κ2) is 8.20. The topological polar surface area (TPSA) is 63.7 Å². The minimum Gasteiger partial charge on any atom is -0.496 e. The number of thiazole rings is 1. The first kappa shape index (κ1) is 17.5. The van der Waals surface area contributed by atoms with Crippen LogP contribution in [0.1, 0.15) is 28.9 Å². The number of amides is 1. The Hall–Kier alpha value is -2.28. The van der Waals surface area contributed by atoms with Crippen LogP contribution in [-0.2, 0) is 6.42 Å². The zero-order valence-electron chi connectivity index (χ0n) is 14.6. The molecule has 2 aromatic rings. The SMILES string of the molecule is COc1cccc(OC)c1C(=O)NCCc1csc(N2CCCC2)n1. The van der Waals surface area contributed by atoms with Crippen molar-refractivity contribution in [3.05, 3.63) is 34.8 Å². The second-order valence-corrected chi connectivity index (χ2v) is 6.70. The van der Waals surface area contributed by atoms with Gasteiger partial charge in [0.2, 0.25) is 0 Å². The largest absolute Gasteiger partial charge is 0.496 e. The Morgan fingerprint density at radius 3 is 2.56 bits per heavy atom. The smallest absolute Gasteiger partial charge is 0.258 e. The summed E-state index contributed by atoms with van der Waals surface area (Å²) in [6.07, 6.45) is 3.19. The molecule has 0 saturated carbocycles. The van der Waals surface area contributed by atoms with E-state index in [1.807, 2.05) is 0 Å². The van der Waals surface area contributed by atoms with Crippen molar-refractivity contribution in [2.24, 2.45) is 0 Å². The van der Waals surface area contributed by atoms with E-state index in [0.29, 0.717) is 30.0 Å². The number of aromatic nitrogens is 1. The molecule has 1 aromatic carbocycles. The summed E-state index contributed by atoms with van der Waals surface area (Å²) >= 11 is 1.68. The molecule has 1 saturated heterocycles. The molecule has 1 N–H and O–H groups in total. The third-order valence-corrected chi connectivity index (χ3v) is 5.19. The van der Waals surface area contributed by atoms with Crippen LogP contribution < -0.4 is 19.7 Å². The van der Waals surface area contributed by atoms with Crippen LogP contribution >= 0.6 is 11.3 Å². The van der Waals surface area contributed by atoms with Gasteiger partial charge in [0.05, 0.1) is 19.9 Å². The van der Waals surface area contributed by atoms with E-state index in [1.54, 1.807) is 43.8 Å². The number of carbonyl (C=O) groups is 1. The number of carbonyl (C=O) groups excluding carboxylic acids is 1. The predicted octanol–water partition coefficient (Wildman–Crippen LogP) is 2.73. The van der Waals surface area contributed by atoms with Gasteiger partial charge in [0, 0.05) is 31.4 Å². The van der Waals surface area contributed by atoms with Crippen molar-refractivity contribution >= 4 is 22.4 Å². The van der Waals surface area contributed by atoms with E-state index >= 15 is 0 Å². The van der Waals surface area contributed by atoms with Crippen molar-refractivity contribution in [3.8, 4) is 11.5 Å². The maximum absolute atomic E-state index is 12.5. The molecule has 134 valence electrons. The zero-order chi connectivity index (χ0) is 17.6. The van der Waals surface area contributed by atoms with Gasteiger partial charge in [-0.05, 0) is 25.0 Å². The van der Waals surface area contributed by atoms with Crippen molar-refractivity contribution in [1.82, 2.24) is 10.3 Å². The average Bonchev–Trinajstić information content (AvgIpc) is 3.32. The fourth-order valence-corrected chi connectivity index (χ4v) is 3.85. The molecular weight excluding hydrogens is 338 g/mol. The number of benzene rings is 1. The summed E-state index contributed by atoms with van der Waals surface area (Å²) in [4.78, 5) is 19.5. The monoisotopic (exact) mass is 361 g/mol. The van der Waals surface area contributed by atoms with Crippen molar-refractivity contribution in [2.45, 2.75) is 19.3 Å². The number of rotatable bonds is 7. The Morgan fingerprint density at radius 1 is 1.24 bits per heavy atom. The molecule has 2 heterocycles. The minimum atomic E-state index is -0.204. The highest BCUT2D eigenvalue weighted by Crippen LogP contribution is 2.28. The van der Waals surface area contributed by atoms with Crippen LogP contribution in [0, 0.1) is 0 Å². The molecule has 6 nitrogen and oxygen atoms in total. The number of ether oxygens (including phenoxy) is 2. The molecule has 0 bridgehead atoms. The standard InChI is InChI=1S/C18H23N3O3S/c1-23-14-6-5-7-15(24-2)16(14)17(22)19-9-8-13-12-25-18(20-13)21-10-3-4-11-21/h5-7,12H,3-4,8-11H2,1-2H3,(H,19,22). The number of methoxy groups -OCH3 is 2. The predicted molar refractivity (Wildman–Crippen MR) is 99.1 cm³/mol. The molecule has 7 heteroatoms. The highest BCUT2D eigenvalue weighted by Gasteiger charge is 2.18. The summed E-state index contributed by atoms with van der Waals surface area (Å²) in [5.41, 5.74) is 1.43. The fourth-order valence-electron chi connectivity index (χ4n) is 2.93. The van der Waals surface area contributed by atoms with E-state index in [-0.39, 0.29) is 5.91 Å². The molecular formula is C18H23N3O3S. The first-order valence-corrected chi connectivity index (χ1v) is 9.29. The molecule has 0 aliphatic carbocycles. The lowest BCUT2D eigenvalue weighted by atomic mass is 10.1. The van der Waals surface area contributed by atoms with Crippen LogP contribution in [0.15, 0.2) is 23.6 Å². The summed E-state index contributed by atoms with van der Waals surface area (Å²) in [5, 5.41) is 6.09. The van der Waals surface area contributed by atoms with E-state index in [1.165, 1.54) is 12.8 Å². The van der Waals surface area contributed by atoms with E-state index < -0.39 is 0 Å². The molecule has 25 heavy (non-hydrogen) atoms. The summed E-state index contributed by atoms with van der Waals surface area (Å²) < 4.78 is 10.6. The molecule has 0 spiro atoms. The Bertz CT molecular complexity index is 704. The maximum Gasteiger partial charge on any atom is 0.258 e. The van der Waals surface area contributed by atoms with Gasteiger partial charge in [0.25, 0.3) is 5.91 Å². The van der Waals surface area contributed by atoms with E-state index in [0.717, 1.165) is 23.9 Å². The van der Waals surface area contributed by atoms with Gasteiger partial charge in [-0.25, -0.2) is 4.98 Å². The highest BCUT2D eigenvalue weighted by atomic mass is 32.1. The molecule has 0 radical (unpaired) electrons. The molecule has 1 aliphatic rings. The number of hydrogen-bond acceptors (Lipinski definition) is 6. The van der Waals surface area contributed by atoms with Gasteiger partial charge in [-0.2, -0.15) is 0 Å². The number of hydrogen-bond donors (Lipinski definition) is 1. The lowest BCUT2D eigenvalue weighted by molar-refractivity contribution is 0.0948. The normalized spacial score (nSPS) is 13.8. The van der Waals surface area contributed by atoms with Crippen LogP contribution in [-0.4, -0.2) is 44.7 Å². The van der Waals surface area contributed by atoms with Crippen molar-refractivity contribution < 1.29 is 14.3 Å². The van der Waals surface area contributed by atoms with Crippen molar-refractivity contribution in [3.63, 3.8) is 0 Å².